The number of fused-ring (bicyclic) bond motifs is 1. The molecule has 0 radical (unpaired) electrons. The van der Waals surface area contributed by atoms with Crippen LogP contribution in [0.5, 0.6) is 0 Å². The molecule has 2 aromatic heterocycles. The number of morpholine rings is 1. The first kappa shape index (κ1) is 19.6. The Hall–Kier alpha value is -2.71. The van der Waals surface area contributed by atoms with Gasteiger partial charge in [-0.05, 0) is 36.7 Å². The second-order valence-electron chi connectivity index (χ2n) is 7.36. The van der Waals surface area contributed by atoms with Gasteiger partial charge in [0.15, 0.2) is 5.76 Å². The van der Waals surface area contributed by atoms with E-state index in [2.05, 4.69) is 15.2 Å². The monoisotopic (exact) mass is 398 g/mol. The van der Waals surface area contributed by atoms with Crippen LogP contribution in [0.25, 0.3) is 0 Å². The normalized spacial score (nSPS) is 19.6. The van der Waals surface area contributed by atoms with E-state index in [4.69, 9.17) is 9.15 Å². The molecule has 29 heavy (non-hydrogen) atoms. The van der Waals surface area contributed by atoms with Gasteiger partial charge in [0.1, 0.15) is 0 Å². The van der Waals surface area contributed by atoms with Gasteiger partial charge >= 0.3 is 0 Å². The van der Waals surface area contributed by atoms with Crippen LogP contribution in [-0.2, 0) is 16.1 Å². The second kappa shape index (κ2) is 9.19. The predicted octanol–water partition coefficient (Wildman–Crippen LogP) is 1.25. The van der Waals surface area contributed by atoms with Crippen molar-refractivity contribution in [1.29, 1.82) is 0 Å². The second-order valence-corrected chi connectivity index (χ2v) is 7.36. The van der Waals surface area contributed by atoms with Gasteiger partial charge in [0.05, 0.1) is 31.1 Å². The summed E-state index contributed by atoms with van der Waals surface area (Å²) in [5.74, 6) is -0.511. The summed E-state index contributed by atoms with van der Waals surface area (Å²) >= 11 is 0. The fraction of sp³-hybridized carbons (Fsp3) is 0.476. The fourth-order valence-corrected chi connectivity index (χ4v) is 3.86. The molecule has 1 N–H and O–H groups in total. The molecule has 2 aliphatic heterocycles. The van der Waals surface area contributed by atoms with Gasteiger partial charge in [-0.1, -0.05) is 6.07 Å². The first-order valence-corrected chi connectivity index (χ1v) is 10.1. The number of pyridine rings is 1. The van der Waals surface area contributed by atoms with Crippen molar-refractivity contribution in [2.24, 2.45) is 0 Å². The average Bonchev–Trinajstić information content (AvgIpc) is 3.31. The molecule has 2 aromatic rings. The smallest absolute Gasteiger partial charge is 0.289 e. The molecular weight excluding hydrogens is 372 g/mol. The minimum Gasteiger partial charge on any atom is -0.459 e. The Bertz CT molecular complexity index is 833. The first-order valence-electron chi connectivity index (χ1n) is 10.1. The number of aromatic nitrogens is 1. The van der Waals surface area contributed by atoms with Gasteiger partial charge in [0.25, 0.3) is 5.91 Å². The summed E-state index contributed by atoms with van der Waals surface area (Å²) in [6.07, 6.45) is 4.05. The molecule has 1 atom stereocenters. The van der Waals surface area contributed by atoms with Crippen LogP contribution in [0.4, 0.5) is 0 Å². The Labute approximate surface area is 169 Å². The highest BCUT2D eigenvalue weighted by molar-refractivity contribution is 5.93. The van der Waals surface area contributed by atoms with Crippen molar-refractivity contribution in [2.45, 2.75) is 18.9 Å². The summed E-state index contributed by atoms with van der Waals surface area (Å²) in [5.41, 5.74) is 1.65. The quantitative estimate of drug-likeness (QED) is 0.737. The molecule has 0 aliphatic carbocycles. The van der Waals surface area contributed by atoms with Crippen LogP contribution in [0.1, 0.15) is 34.2 Å². The highest BCUT2D eigenvalue weighted by Crippen LogP contribution is 2.27. The summed E-state index contributed by atoms with van der Waals surface area (Å²) < 4.78 is 10.6. The summed E-state index contributed by atoms with van der Waals surface area (Å²) in [6, 6.07) is 7.08. The van der Waals surface area contributed by atoms with E-state index in [1.165, 1.54) is 6.26 Å². The summed E-state index contributed by atoms with van der Waals surface area (Å²) in [4.78, 5) is 34.1. The number of ether oxygens (including phenoxy) is 1. The maximum atomic E-state index is 12.9. The molecule has 1 fully saturated rings. The van der Waals surface area contributed by atoms with Gasteiger partial charge in [0.2, 0.25) is 5.91 Å². The lowest BCUT2D eigenvalue weighted by Crippen LogP contribution is -2.44. The highest BCUT2D eigenvalue weighted by Gasteiger charge is 2.34. The van der Waals surface area contributed by atoms with Crippen molar-refractivity contribution >= 4 is 11.8 Å². The minimum absolute atomic E-state index is 0.0936. The van der Waals surface area contributed by atoms with E-state index in [1.54, 1.807) is 23.2 Å². The zero-order chi connectivity index (χ0) is 20.1. The summed E-state index contributed by atoms with van der Waals surface area (Å²) in [7, 11) is 0. The number of carbonyl (C=O) groups excluding carboxylic acids is 2. The fourth-order valence-electron chi connectivity index (χ4n) is 3.86. The molecule has 1 saturated heterocycles. The molecular formula is C21H26N4O4. The zero-order valence-corrected chi connectivity index (χ0v) is 16.4. The molecule has 0 saturated carbocycles. The van der Waals surface area contributed by atoms with Crippen LogP contribution in [0.15, 0.2) is 41.1 Å². The van der Waals surface area contributed by atoms with Crippen molar-refractivity contribution in [1.82, 2.24) is 20.1 Å². The molecule has 0 bridgehead atoms. The third-order valence-corrected chi connectivity index (χ3v) is 5.41. The van der Waals surface area contributed by atoms with Crippen molar-refractivity contribution < 1.29 is 18.7 Å². The molecule has 8 nitrogen and oxygen atoms in total. The van der Waals surface area contributed by atoms with E-state index in [1.807, 2.05) is 12.1 Å². The Balaban J connectivity index is 1.38. The number of carbonyl (C=O) groups is 2. The minimum atomic E-state index is -0.484. The third-order valence-electron chi connectivity index (χ3n) is 5.41. The average molecular weight is 398 g/mol. The SMILES string of the molecule is O=C(NCCCN1CCOCC1)C1CN(C(=O)c2ccco2)Cc2cccnc21. The van der Waals surface area contributed by atoms with E-state index in [9.17, 15) is 9.59 Å². The first-order chi connectivity index (χ1) is 14.2. The number of amides is 2. The van der Waals surface area contributed by atoms with E-state index in [0.717, 1.165) is 50.5 Å². The van der Waals surface area contributed by atoms with Gasteiger partial charge < -0.3 is 19.4 Å². The van der Waals surface area contributed by atoms with Crippen LogP contribution in [0, 0.1) is 0 Å². The zero-order valence-electron chi connectivity index (χ0n) is 16.4. The molecule has 8 heteroatoms. The topological polar surface area (TPSA) is 87.9 Å². The van der Waals surface area contributed by atoms with Crippen molar-refractivity contribution in [3.63, 3.8) is 0 Å². The van der Waals surface area contributed by atoms with Crippen molar-refractivity contribution in [3.8, 4) is 0 Å². The van der Waals surface area contributed by atoms with E-state index >= 15 is 0 Å². The molecule has 1 unspecified atom stereocenters. The van der Waals surface area contributed by atoms with Gasteiger partial charge in [-0.15, -0.1) is 0 Å². The summed E-state index contributed by atoms with van der Waals surface area (Å²) in [5, 5.41) is 3.03. The van der Waals surface area contributed by atoms with Crippen LogP contribution in [-0.4, -0.2) is 72.5 Å². The Morgan fingerprint density at radius 1 is 1.21 bits per heavy atom. The van der Waals surface area contributed by atoms with E-state index in [-0.39, 0.29) is 17.6 Å². The number of furan rings is 1. The Morgan fingerprint density at radius 3 is 2.86 bits per heavy atom. The Kier molecular flexibility index (Phi) is 6.21. The molecule has 2 aliphatic rings. The lowest BCUT2D eigenvalue weighted by atomic mass is 9.93. The standard InChI is InChI=1S/C21H26N4O4/c26-20(23-7-3-8-24-9-12-28-13-10-24)17-15-25(21(27)18-5-2-11-29-18)14-16-4-1-6-22-19(16)17/h1-2,4-6,11,17H,3,7-10,12-15H2,(H,23,26). The molecule has 4 rings (SSSR count). The van der Waals surface area contributed by atoms with Crippen molar-refractivity contribution in [2.75, 3.05) is 45.9 Å². The lowest BCUT2D eigenvalue weighted by Gasteiger charge is -2.32. The van der Waals surface area contributed by atoms with Crippen LogP contribution >= 0.6 is 0 Å². The van der Waals surface area contributed by atoms with Crippen molar-refractivity contribution in [3.05, 3.63) is 53.7 Å². The molecule has 0 spiro atoms. The maximum absolute atomic E-state index is 12.9. The predicted molar refractivity (Wildman–Crippen MR) is 105 cm³/mol. The van der Waals surface area contributed by atoms with Gasteiger partial charge in [-0.25, -0.2) is 0 Å². The number of hydrogen-bond donors (Lipinski definition) is 1. The van der Waals surface area contributed by atoms with Gasteiger partial charge in [0, 0.05) is 38.9 Å². The maximum Gasteiger partial charge on any atom is 0.289 e. The van der Waals surface area contributed by atoms with Gasteiger partial charge in [-0.3, -0.25) is 19.5 Å². The summed E-state index contributed by atoms with van der Waals surface area (Å²) in [6.45, 7) is 5.68. The number of hydrogen-bond acceptors (Lipinski definition) is 6. The van der Waals surface area contributed by atoms with Crippen LogP contribution in [0.2, 0.25) is 0 Å². The van der Waals surface area contributed by atoms with Crippen LogP contribution in [0.3, 0.4) is 0 Å². The highest BCUT2D eigenvalue weighted by atomic mass is 16.5. The number of nitrogens with one attached hydrogen (secondary N) is 1. The largest absolute Gasteiger partial charge is 0.459 e. The Morgan fingerprint density at radius 2 is 2.07 bits per heavy atom. The van der Waals surface area contributed by atoms with E-state index in [0.29, 0.717) is 19.6 Å². The number of nitrogens with zero attached hydrogens (tertiary/aromatic N) is 3. The molecule has 154 valence electrons. The van der Waals surface area contributed by atoms with Crippen LogP contribution < -0.4 is 5.32 Å². The third kappa shape index (κ3) is 4.65. The lowest BCUT2D eigenvalue weighted by molar-refractivity contribution is -0.123. The van der Waals surface area contributed by atoms with E-state index < -0.39 is 5.92 Å². The number of rotatable bonds is 6. The molecule has 4 heterocycles. The molecule has 0 aromatic carbocycles. The molecule has 2 amide bonds. The van der Waals surface area contributed by atoms with Gasteiger partial charge in [-0.2, -0.15) is 0 Å².